The van der Waals surface area contributed by atoms with Crippen LogP contribution in [0.2, 0.25) is 0 Å². The van der Waals surface area contributed by atoms with E-state index in [4.69, 9.17) is 0 Å². The number of amides is 1. The van der Waals surface area contributed by atoms with Crippen LogP contribution in [-0.2, 0) is 18.4 Å². The van der Waals surface area contributed by atoms with Gasteiger partial charge in [-0.05, 0) is 43.7 Å². The largest absolute Gasteiger partial charge is 0.357 e. The van der Waals surface area contributed by atoms with Crippen molar-refractivity contribution in [1.82, 2.24) is 14.8 Å². The van der Waals surface area contributed by atoms with Crippen molar-refractivity contribution in [2.75, 3.05) is 25.5 Å². The number of nitrogens with one attached hydrogen (secondary N) is 2. The lowest BCUT2D eigenvalue weighted by molar-refractivity contribution is -0.116. The zero-order chi connectivity index (χ0) is 19.8. The molecule has 0 aliphatic heterocycles. The first kappa shape index (κ1) is 21.0. The molecule has 0 spiro atoms. The fourth-order valence-corrected chi connectivity index (χ4v) is 3.01. The number of aryl methyl sites for hydroxylation is 2. The van der Waals surface area contributed by atoms with Crippen LogP contribution in [0.5, 0.6) is 0 Å². The van der Waals surface area contributed by atoms with Gasteiger partial charge in [0, 0.05) is 49.1 Å². The molecule has 0 radical (unpaired) electrons. The molecule has 146 valence electrons. The van der Waals surface area contributed by atoms with Crippen molar-refractivity contribution in [2.45, 2.75) is 26.8 Å². The van der Waals surface area contributed by atoms with Crippen LogP contribution in [0.4, 0.5) is 5.69 Å². The van der Waals surface area contributed by atoms with Crippen molar-refractivity contribution >= 4 is 33.5 Å². The van der Waals surface area contributed by atoms with Crippen LogP contribution in [0.15, 0.2) is 46.0 Å². The molecule has 2 rings (SSSR count). The Kier molecular flexibility index (Phi) is 7.91. The third kappa shape index (κ3) is 6.43. The van der Waals surface area contributed by atoms with E-state index in [1.807, 2.05) is 58.4 Å². The maximum Gasteiger partial charge on any atom is 0.226 e. The Morgan fingerprint density at radius 2 is 2.11 bits per heavy atom. The predicted octanol–water partition coefficient (Wildman–Crippen LogP) is 3.52. The minimum atomic E-state index is -0.0408. The van der Waals surface area contributed by atoms with Crippen molar-refractivity contribution in [3.8, 4) is 0 Å². The lowest BCUT2D eigenvalue weighted by atomic mass is 10.2. The topological polar surface area (TPSA) is 61.7 Å². The molecular formula is C20H28BrN5O. The van der Waals surface area contributed by atoms with Crippen LogP contribution >= 0.6 is 15.9 Å². The van der Waals surface area contributed by atoms with Gasteiger partial charge in [0.05, 0.1) is 13.1 Å². The Morgan fingerprint density at radius 3 is 2.78 bits per heavy atom. The number of hydrogen-bond donors (Lipinski definition) is 2. The summed E-state index contributed by atoms with van der Waals surface area (Å²) in [5.74, 6) is 0.756. The molecule has 0 saturated heterocycles. The molecule has 0 aliphatic rings. The molecule has 0 bridgehead atoms. The Balaban J connectivity index is 1.92. The van der Waals surface area contributed by atoms with Gasteiger partial charge in [0.15, 0.2) is 5.96 Å². The van der Waals surface area contributed by atoms with E-state index in [0.717, 1.165) is 34.8 Å². The second-order valence-electron chi connectivity index (χ2n) is 6.46. The standard InChI is InChI=1S/C20H28BrN5O/c1-5-22-20(26(4)14-17-7-6-12-25(17)3)23-11-10-19(27)24-18-13-16(21)9-8-15(18)2/h6-9,12-13H,5,10-11,14H2,1-4H3,(H,22,23)(H,24,27). The Bertz CT molecular complexity index is 799. The molecule has 0 aliphatic carbocycles. The number of guanidine groups is 1. The second kappa shape index (κ2) is 10.2. The van der Waals surface area contributed by atoms with Crippen LogP contribution in [0.3, 0.4) is 0 Å². The fraction of sp³-hybridized carbons (Fsp3) is 0.400. The number of benzene rings is 1. The highest BCUT2D eigenvalue weighted by Crippen LogP contribution is 2.20. The molecule has 1 aromatic carbocycles. The smallest absolute Gasteiger partial charge is 0.226 e. The first-order valence-electron chi connectivity index (χ1n) is 9.06. The quantitative estimate of drug-likeness (QED) is 0.518. The summed E-state index contributed by atoms with van der Waals surface area (Å²) >= 11 is 3.43. The summed E-state index contributed by atoms with van der Waals surface area (Å²) in [6, 6.07) is 9.96. The van der Waals surface area contributed by atoms with Crippen molar-refractivity contribution in [1.29, 1.82) is 0 Å². The molecule has 0 atom stereocenters. The summed E-state index contributed by atoms with van der Waals surface area (Å²) in [6.45, 7) is 5.97. The first-order chi connectivity index (χ1) is 12.9. The average molecular weight is 434 g/mol. The maximum atomic E-state index is 12.3. The van der Waals surface area contributed by atoms with E-state index in [9.17, 15) is 4.79 Å². The summed E-state index contributed by atoms with van der Waals surface area (Å²) in [4.78, 5) is 18.9. The molecule has 2 N–H and O–H groups in total. The normalized spacial score (nSPS) is 11.4. The van der Waals surface area contributed by atoms with Gasteiger partial charge in [-0.2, -0.15) is 0 Å². The van der Waals surface area contributed by atoms with Crippen molar-refractivity contribution in [3.63, 3.8) is 0 Å². The predicted molar refractivity (Wildman–Crippen MR) is 115 cm³/mol. The lowest BCUT2D eigenvalue weighted by Gasteiger charge is -2.22. The van der Waals surface area contributed by atoms with Crippen LogP contribution in [0, 0.1) is 6.92 Å². The highest BCUT2D eigenvalue weighted by atomic mass is 79.9. The minimum absolute atomic E-state index is 0.0408. The summed E-state index contributed by atoms with van der Waals surface area (Å²) in [5, 5.41) is 6.24. The van der Waals surface area contributed by atoms with E-state index in [1.54, 1.807) is 0 Å². The molecule has 2 aromatic rings. The second-order valence-corrected chi connectivity index (χ2v) is 7.38. The SMILES string of the molecule is CCNC(=NCCC(=O)Nc1cc(Br)ccc1C)N(C)Cc1cccn1C. The van der Waals surface area contributed by atoms with E-state index < -0.39 is 0 Å². The third-order valence-corrected chi connectivity index (χ3v) is 4.71. The monoisotopic (exact) mass is 433 g/mol. The summed E-state index contributed by atoms with van der Waals surface area (Å²) in [7, 11) is 4.03. The maximum absolute atomic E-state index is 12.3. The molecule has 7 heteroatoms. The van der Waals surface area contributed by atoms with Gasteiger partial charge in [0.1, 0.15) is 0 Å². The molecular weight excluding hydrogens is 406 g/mol. The van der Waals surface area contributed by atoms with E-state index in [0.29, 0.717) is 13.0 Å². The first-order valence-corrected chi connectivity index (χ1v) is 9.85. The number of anilines is 1. The molecule has 1 amide bonds. The van der Waals surface area contributed by atoms with E-state index in [-0.39, 0.29) is 5.91 Å². The molecule has 0 fully saturated rings. The summed E-state index contributed by atoms with van der Waals surface area (Å²) in [5.41, 5.74) is 3.06. The number of rotatable bonds is 7. The van der Waals surface area contributed by atoms with Gasteiger partial charge in [-0.1, -0.05) is 22.0 Å². The number of carbonyl (C=O) groups is 1. The van der Waals surface area contributed by atoms with Gasteiger partial charge in [-0.3, -0.25) is 9.79 Å². The average Bonchev–Trinajstić information content (AvgIpc) is 3.02. The number of carbonyl (C=O) groups excluding carboxylic acids is 1. The fourth-order valence-electron chi connectivity index (χ4n) is 2.65. The molecule has 27 heavy (non-hydrogen) atoms. The Hall–Kier alpha value is -2.28. The molecule has 6 nitrogen and oxygen atoms in total. The number of halogens is 1. The van der Waals surface area contributed by atoms with Crippen molar-refractivity contribution in [2.24, 2.45) is 12.0 Å². The molecule has 0 saturated carbocycles. The Labute approximate surface area is 169 Å². The summed E-state index contributed by atoms with van der Waals surface area (Å²) < 4.78 is 3.03. The van der Waals surface area contributed by atoms with Crippen LogP contribution in [0.1, 0.15) is 24.6 Å². The summed E-state index contributed by atoms with van der Waals surface area (Å²) in [6.07, 6.45) is 2.36. The van der Waals surface area contributed by atoms with Gasteiger partial charge in [0.25, 0.3) is 0 Å². The van der Waals surface area contributed by atoms with E-state index >= 15 is 0 Å². The van der Waals surface area contributed by atoms with Gasteiger partial charge < -0.3 is 20.1 Å². The van der Waals surface area contributed by atoms with Crippen LogP contribution in [-0.4, -0.2) is 41.5 Å². The van der Waals surface area contributed by atoms with Gasteiger partial charge in [0.2, 0.25) is 5.91 Å². The van der Waals surface area contributed by atoms with Crippen LogP contribution in [0.25, 0.3) is 0 Å². The number of aromatic nitrogens is 1. The molecule has 0 unspecified atom stereocenters. The van der Waals surface area contributed by atoms with Gasteiger partial charge >= 0.3 is 0 Å². The molecule has 1 heterocycles. The van der Waals surface area contributed by atoms with Gasteiger partial charge in [-0.25, -0.2) is 0 Å². The molecule has 1 aromatic heterocycles. The zero-order valence-corrected chi connectivity index (χ0v) is 18.0. The van der Waals surface area contributed by atoms with Gasteiger partial charge in [-0.15, -0.1) is 0 Å². The third-order valence-electron chi connectivity index (χ3n) is 4.22. The highest BCUT2D eigenvalue weighted by molar-refractivity contribution is 9.10. The van der Waals surface area contributed by atoms with E-state index in [1.165, 1.54) is 5.69 Å². The Morgan fingerprint density at radius 1 is 1.33 bits per heavy atom. The lowest BCUT2D eigenvalue weighted by Crippen LogP contribution is -2.39. The zero-order valence-electron chi connectivity index (χ0n) is 16.4. The highest BCUT2D eigenvalue weighted by Gasteiger charge is 2.09. The van der Waals surface area contributed by atoms with Crippen molar-refractivity contribution in [3.05, 3.63) is 52.3 Å². The number of nitrogens with zero attached hydrogens (tertiary/aromatic N) is 3. The van der Waals surface area contributed by atoms with Crippen LogP contribution < -0.4 is 10.6 Å². The number of hydrogen-bond acceptors (Lipinski definition) is 2. The van der Waals surface area contributed by atoms with E-state index in [2.05, 4.69) is 47.1 Å². The number of aliphatic imine (C=N–C) groups is 1. The minimum Gasteiger partial charge on any atom is -0.357 e. The van der Waals surface area contributed by atoms with Crippen molar-refractivity contribution < 1.29 is 4.79 Å².